The first-order valence-electron chi connectivity index (χ1n) is 6.94. The number of aromatic nitrogens is 1. The van der Waals surface area contributed by atoms with Crippen molar-refractivity contribution in [2.45, 2.75) is 45.6 Å². The van der Waals surface area contributed by atoms with Gasteiger partial charge in [0.25, 0.3) is 0 Å². The van der Waals surface area contributed by atoms with Crippen molar-refractivity contribution in [3.63, 3.8) is 0 Å². The van der Waals surface area contributed by atoms with Gasteiger partial charge in [0.1, 0.15) is 0 Å². The normalized spacial score (nSPS) is 18.1. The second-order valence-corrected chi connectivity index (χ2v) is 6.77. The highest BCUT2D eigenvalue weighted by molar-refractivity contribution is 7.11. The van der Waals surface area contributed by atoms with Gasteiger partial charge in [0.05, 0.1) is 11.4 Å². The smallest absolute Gasteiger partial charge is 0.308 e. The van der Waals surface area contributed by atoms with E-state index in [2.05, 4.69) is 23.7 Å². The standard InChI is InChI=1S/C14H22N2O2S/c1-10(2)16-5-3-11(4-6-16)7-13-15-9-12(19-13)8-14(17)18/h9-11H,3-8H2,1-2H3,(H,17,18). The molecule has 19 heavy (non-hydrogen) atoms. The molecule has 1 saturated heterocycles. The Morgan fingerprint density at radius 1 is 1.53 bits per heavy atom. The van der Waals surface area contributed by atoms with E-state index < -0.39 is 5.97 Å². The Kier molecular flexibility index (Phi) is 4.93. The van der Waals surface area contributed by atoms with E-state index in [0.717, 1.165) is 16.3 Å². The molecule has 0 amide bonds. The first-order valence-corrected chi connectivity index (χ1v) is 7.75. The fourth-order valence-corrected chi connectivity index (χ4v) is 3.62. The van der Waals surface area contributed by atoms with Gasteiger partial charge in [-0.15, -0.1) is 11.3 Å². The first-order chi connectivity index (χ1) is 9.04. The van der Waals surface area contributed by atoms with Crippen molar-refractivity contribution in [2.24, 2.45) is 5.92 Å². The van der Waals surface area contributed by atoms with Gasteiger partial charge in [-0.1, -0.05) is 0 Å². The number of hydrogen-bond acceptors (Lipinski definition) is 4. The lowest BCUT2D eigenvalue weighted by Crippen LogP contribution is -2.38. The molecule has 5 heteroatoms. The first kappa shape index (κ1) is 14.5. The molecule has 0 spiro atoms. The third kappa shape index (κ3) is 4.28. The highest BCUT2D eigenvalue weighted by Crippen LogP contribution is 2.25. The predicted molar refractivity (Wildman–Crippen MR) is 76.6 cm³/mol. The number of thiazole rings is 1. The van der Waals surface area contributed by atoms with Crippen molar-refractivity contribution in [3.8, 4) is 0 Å². The third-order valence-corrected chi connectivity index (χ3v) is 4.79. The average molecular weight is 282 g/mol. The van der Waals surface area contributed by atoms with Crippen molar-refractivity contribution in [3.05, 3.63) is 16.1 Å². The molecule has 1 aromatic heterocycles. The number of carboxylic acid groups (broad SMARTS) is 1. The van der Waals surface area contributed by atoms with Crippen LogP contribution >= 0.6 is 11.3 Å². The zero-order chi connectivity index (χ0) is 13.8. The van der Waals surface area contributed by atoms with Crippen molar-refractivity contribution in [1.82, 2.24) is 9.88 Å². The van der Waals surface area contributed by atoms with Gasteiger partial charge in [-0.2, -0.15) is 0 Å². The van der Waals surface area contributed by atoms with Gasteiger partial charge in [0, 0.05) is 23.5 Å². The molecule has 0 atom stereocenters. The van der Waals surface area contributed by atoms with Crippen molar-refractivity contribution >= 4 is 17.3 Å². The van der Waals surface area contributed by atoms with Crippen LogP contribution in [0.5, 0.6) is 0 Å². The number of aliphatic carboxylic acids is 1. The van der Waals surface area contributed by atoms with Crippen LogP contribution in [0.1, 0.15) is 36.6 Å². The number of carboxylic acids is 1. The van der Waals surface area contributed by atoms with E-state index in [0.29, 0.717) is 12.0 Å². The number of nitrogens with zero attached hydrogens (tertiary/aromatic N) is 2. The second kappa shape index (κ2) is 6.48. The number of carbonyl (C=O) groups is 1. The SMILES string of the molecule is CC(C)N1CCC(Cc2ncc(CC(=O)O)s2)CC1. The summed E-state index contributed by atoms with van der Waals surface area (Å²) in [6.45, 7) is 6.85. The quantitative estimate of drug-likeness (QED) is 0.901. The molecule has 0 radical (unpaired) electrons. The predicted octanol–water partition coefficient (Wildman–Crippen LogP) is 2.43. The molecule has 2 rings (SSSR count). The Morgan fingerprint density at radius 2 is 2.21 bits per heavy atom. The molecule has 2 heterocycles. The van der Waals surface area contributed by atoms with Crippen LogP contribution in [0.3, 0.4) is 0 Å². The number of hydrogen-bond donors (Lipinski definition) is 1. The molecule has 0 bridgehead atoms. The zero-order valence-electron chi connectivity index (χ0n) is 11.6. The minimum atomic E-state index is -0.777. The Balaban J connectivity index is 1.82. The van der Waals surface area contributed by atoms with Gasteiger partial charge in [-0.3, -0.25) is 4.79 Å². The summed E-state index contributed by atoms with van der Waals surface area (Å²) in [6.07, 6.45) is 5.29. The lowest BCUT2D eigenvalue weighted by atomic mass is 9.93. The van der Waals surface area contributed by atoms with Crippen molar-refractivity contribution < 1.29 is 9.90 Å². The molecule has 106 valence electrons. The van der Waals surface area contributed by atoms with Crippen LogP contribution in [0.15, 0.2) is 6.20 Å². The monoisotopic (exact) mass is 282 g/mol. The lowest BCUT2D eigenvalue weighted by molar-refractivity contribution is -0.136. The Morgan fingerprint density at radius 3 is 2.79 bits per heavy atom. The van der Waals surface area contributed by atoms with E-state index in [4.69, 9.17) is 5.11 Å². The maximum atomic E-state index is 10.6. The van der Waals surface area contributed by atoms with Gasteiger partial charge >= 0.3 is 5.97 Å². The van der Waals surface area contributed by atoms with Gasteiger partial charge in [0.2, 0.25) is 0 Å². The summed E-state index contributed by atoms with van der Waals surface area (Å²) in [5.41, 5.74) is 0. The van der Waals surface area contributed by atoms with Crippen molar-refractivity contribution in [2.75, 3.05) is 13.1 Å². The summed E-state index contributed by atoms with van der Waals surface area (Å²) >= 11 is 1.56. The van der Waals surface area contributed by atoms with Crippen LogP contribution in [0, 0.1) is 5.92 Å². The van der Waals surface area contributed by atoms with Gasteiger partial charge in [-0.25, -0.2) is 4.98 Å². The maximum Gasteiger partial charge on any atom is 0.308 e. The van der Waals surface area contributed by atoms with E-state index in [9.17, 15) is 4.79 Å². The lowest BCUT2D eigenvalue weighted by Gasteiger charge is -2.34. The third-order valence-electron chi connectivity index (χ3n) is 3.77. The molecule has 0 aliphatic carbocycles. The van der Waals surface area contributed by atoms with Gasteiger partial charge < -0.3 is 10.0 Å². The minimum Gasteiger partial charge on any atom is -0.481 e. The molecule has 1 aromatic rings. The summed E-state index contributed by atoms with van der Waals surface area (Å²) in [4.78, 5) is 18.4. The molecule has 4 nitrogen and oxygen atoms in total. The minimum absolute atomic E-state index is 0.101. The highest BCUT2D eigenvalue weighted by Gasteiger charge is 2.21. The van der Waals surface area contributed by atoms with Crippen LogP contribution in [0.25, 0.3) is 0 Å². The molecule has 1 aliphatic rings. The van der Waals surface area contributed by atoms with E-state index in [1.54, 1.807) is 17.5 Å². The van der Waals surface area contributed by atoms with E-state index in [-0.39, 0.29) is 6.42 Å². The molecule has 0 saturated carbocycles. The van der Waals surface area contributed by atoms with Crippen LogP contribution in [-0.2, 0) is 17.6 Å². The summed E-state index contributed by atoms with van der Waals surface area (Å²) in [5, 5.41) is 9.85. The average Bonchev–Trinajstić information content (AvgIpc) is 2.76. The van der Waals surface area contributed by atoms with Crippen LogP contribution in [0.2, 0.25) is 0 Å². The molecule has 1 fully saturated rings. The molecule has 1 aliphatic heterocycles. The maximum absolute atomic E-state index is 10.6. The van der Waals surface area contributed by atoms with E-state index in [1.165, 1.54) is 25.9 Å². The summed E-state index contributed by atoms with van der Waals surface area (Å²) in [7, 11) is 0. The topological polar surface area (TPSA) is 53.4 Å². The fraction of sp³-hybridized carbons (Fsp3) is 0.714. The zero-order valence-corrected chi connectivity index (χ0v) is 12.4. The molecular formula is C14H22N2O2S. The molecule has 1 N–H and O–H groups in total. The number of piperidine rings is 1. The van der Waals surface area contributed by atoms with E-state index >= 15 is 0 Å². The summed E-state index contributed by atoms with van der Waals surface area (Å²) in [6, 6.07) is 0.642. The Labute approximate surface area is 118 Å². The van der Waals surface area contributed by atoms with Crippen LogP contribution < -0.4 is 0 Å². The highest BCUT2D eigenvalue weighted by atomic mass is 32.1. The van der Waals surface area contributed by atoms with E-state index in [1.807, 2.05) is 0 Å². The Bertz CT molecular complexity index is 423. The van der Waals surface area contributed by atoms with Crippen LogP contribution in [-0.4, -0.2) is 40.1 Å². The fourth-order valence-electron chi connectivity index (χ4n) is 2.59. The largest absolute Gasteiger partial charge is 0.481 e. The summed E-state index contributed by atoms with van der Waals surface area (Å²) < 4.78 is 0. The summed E-state index contributed by atoms with van der Waals surface area (Å²) in [5.74, 6) is -0.0701. The van der Waals surface area contributed by atoms with Gasteiger partial charge in [0.15, 0.2) is 0 Å². The van der Waals surface area contributed by atoms with Crippen molar-refractivity contribution in [1.29, 1.82) is 0 Å². The molecule has 0 aromatic carbocycles. The number of likely N-dealkylation sites (tertiary alicyclic amines) is 1. The second-order valence-electron chi connectivity index (χ2n) is 5.57. The number of rotatable bonds is 5. The van der Waals surface area contributed by atoms with Gasteiger partial charge in [-0.05, 0) is 45.7 Å². The molecule has 0 unspecified atom stereocenters. The molecular weight excluding hydrogens is 260 g/mol. The Hall–Kier alpha value is -0.940. The van der Waals surface area contributed by atoms with Crippen LogP contribution in [0.4, 0.5) is 0 Å².